The predicted octanol–water partition coefficient (Wildman–Crippen LogP) is 5.71. The number of aliphatic hydroxyl groups is 1. The van der Waals surface area contributed by atoms with Crippen molar-refractivity contribution in [3.05, 3.63) is 106 Å². The molecule has 3 aromatic rings. The largest absolute Gasteiger partial charge is 0.503 e. The van der Waals surface area contributed by atoms with Crippen molar-refractivity contribution in [1.29, 1.82) is 0 Å². The molecule has 0 aliphatic carbocycles. The molecule has 1 heterocycles. The van der Waals surface area contributed by atoms with Gasteiger partial charge in [0.05, 0.1) is 13.2 Å². The van der Waals surface area contributed by atoms with E-state index in [0.29, 0.717) is 17.1 Å². The molecule has 4 nitrogen and oxygen atoms in total. The third-order valence-corrected chi connectivity index (χ3v) is 5.59. The summed E-state index contributed by atoms with van der Waals surface area (Å²) >= 11 is 6.09. The van der Waals surface area contributed by atoms with Gasteiger partial charge in [-0.3, -0.25) is 4.79 Å². The number of aryl methyl sites for hydroxylation is 1. The smallest absolute Gasteiger partial charge is 0.290 e. The molecule has 1 aliphatic heterocycles. The van der Waals surface area contributed by atoms with Gasteiger partial charge in [0.15, 0.2) is 5.76 Å². The van der Waals surface area contributed by atoms with Crippen LogP contribution in [0.4, 0.5) is 0 Å². The molecule has 4 rings (SSSR count). The topological polar surface area (TPSA) is 49.8 Å². The number of benzene rings is 3. The quantitative estimate of drug-likeness (QED) is 0.576. The Bertz CT molecular complexity index is 1100. The van der Waals surface area contributed by atoms with E-state index in [0.717, 1.165) is 28.0 Å². The van der Waals surface area contributed by atoms with Crippen LogP contribution in [0.25, 0.3) is 5.57 Å². The van der Waals surface area contributed by atoms with Crippen LogP contribution in [0.5, 0.6) is 5.75 Å². The maximum absolute atomic E-state index is 13.1. The third-order valence-electron chi connectivity index (χ3n) is 5.34. The van der Waals surface area contributed by atoms with E-state index in [4.69, 9.17) is 16.3 Å². The highest BCUT2D eigenvalue weighted by Crippen LogP contribution is 2.44. The van der Waals surface area contributed by atoms with E-state index in [1.165, 1.54) is 0 Å². The number of hydrogen-bond donors (Lipinski definition) is 1. The zero-order valence-electron chi connectivity index (χ0n) is 16.8. The second-order valence-corrected chi connectivity index (χ2v) is 7.80. The van der Waals surface area contributed by atoms with Crippen molar-refractivity contribution in [2.45, 2.75) is 19.5 Å². The van der Waals surface area contributed by atoms with E-state index >= 15 is 0 Å². The Kier molecular flexibility index (Phi) is 5.51. The first-order valence-electron chi connectivity index (χ1n) is 9.67. The summed E-state index contributed by atoms with van der Waals surface area (Å²) < 4.78 is 5.32. The molecule has 0 unspecified atom stereocenters. The maximum Gasteiger partial charge on any atom is 0.290 e. The number of rotatable bonds is 5. The number of methoxy groups -OCH3 is 1. The highest BCUT2D eigenvalue weighted by molar-refractivity contribution is 6.30. The van der Waals surface area contributed by atoms with Crippen LogP contribution in [-0.2, 0) is 11.3 Å². The van der Waals surface area contributed by atoms with E-state index in [9.17, 15) is 9.90 Å². The van der Waals surface area contributed by atoms with E-state index in [1.807, 2.05) is 67.6 Å². The molecule has 3 aromatic carbocycles. The molecule has 0 radical (unpaired) electrons. The molecule has 0 fully saturated rings. The summed E-state index contributed by atoms with van der Waals surface area (Å²) in [5, 5.41) is 11.5. The Balaban J connectivity index is 1.79. The van der Waals surface area contributed by atoms with Crippen LogP contribution in [0.15, 0.2) is 78.6 Å². The second kappa shape index (κ2) is 8.25. The van der Waals surface area contributed by atoms with Crippen molar-refractivity contribution < 1.29 is 14.6 Å². The number of carbonyl (C=O) groups is 1. The molecule has 0 saturated carbocycles. The minimum absolute atomic E-state index is 0.221. The molecular formula is C25H22ClNO3. The van der Waals surface area contributed by atoms with Crippen LogP contribution in [-0.4, -0.2) is 23.0 Å². The summed E-state index contributed by atoms with van der Waals surface area (Å²) in [6, 6.07) is 22.4. The Labute approximate surface area is 181 Å². The zero-order valence-corrected chi connectivity index (χ0v) is 17.6. The van der Waals surface area contributed by atoms with Gasteiger partial charge in [-0.05, 0) is 47.9 Å². The molecule has 1 amide bonds. The van der Waals surface area contributed by atoms with E-state index < -0.39 is 11.9 Å². The summed E-state index contributed by atoms with van der Waals surface area (Å²) in [5.41, 5.74) is 4.33. The number of hydrogen-bond acceptors (Lipinski definition) is 3. The maximum atomic E-state index is 13.1. The lowest BCUT2D eigenvalue weighted by molar-refractivity contribution is -0.130. The number of amides is 1. The fraction of sp³-hybridized carbons (Fsp3) is 0.160. The summed E-state index contributed by atoms with van der Waals surface area (Å²) in [7, 11) is 1.61. The Morgan fingerprint density at radius 1 is 1.03 bits per heavy atom. The van der Waals surface area contributed by atoms with Crippen LogP contribution in [0, 0.1) is 6.92 Å². The lowest BCUT2D eigenvalue weighted by Crippen LogP contribution is -2.29. The molecule has 0 bridgehead atoms. The first-order chi connectivity index (χ1) is 14.5. The molecule has 5 heteroatoms. The molecule has 152 valence electrons. The Morgan fingerprint density at radius 2 is 1.73 bits per heavy atom. The monoisotopic (exact) mass is 419 g/mol. The molecule has 30 heavy (non-hydrogen) atoms. The van der Waals surface area contributed by atoms with Crippen molar-refractivity contribution in [2.75, 3.05) is 7.11 Å². The van der Waals surface area contributed by atoms with Crippen molar-refractivity contribution in [1.82, 2.24) is 4.90 Å². The number of nitrogens with zero attached hydrogens (tertiary/aromatic N) is 1. The molecule has 0 aromatic heterocycles. The van der Waals surface area contributed by atoms with Gasteiger partial charge < -0.3 is 14.7 Å². The fourth-order valence-corrected chi connectivity index (χ4v) is 3.93. The second-order valence-electron chi connectivity index (χ2n) is 7.37. The number of aliphatic hydroxyl groups excluding tert-OH is 1. The molecule has 0 spiro atoms. The number of ether oxygens (including phenoxy) is 1. The Morgan fingerprint density at radius 3 is 2.40 bits per heavy atom. The van der Waals surface area contributed by atoms with Gasteiger partial charge in [0.25, 0.3) is 5.91 Å². The normalized spacial score (nSPS) is 16.3. The number of halogens is 1. The number of carbonyl (C=O) groups excluding carboxylic acids is 1. The molecule has 0 saturated heterocycles. The van der Waals surface area contributed by atoms with Crippen LogP contribution in [0.2, 0.25) is 5.02 Å². The first kappa shape index (κ1) is 20.0. The summed E-state index contributed by atoms with van der Waals surface area (Å²) in [6.45, 7) is 2.34. The lowest BCUT2D eigenvalue weighted by atomic mass is 9.93. The zero-order chi connectivity index (χ0) is 21.3. The van der Waals surface area contributed by atoms with E-state index in [1.54, 1.807) is 24.1 Å². The van der Waals surface area contributed by atoms with Gasteiger partial charge in [0.2, 0.25) is 0 Å². The average Bonchev–Trinajstić information content (AvgIpc) is 3.00. The van der Waals surface area contributed by atoms with Crippen LogP contribution >= 0.6 is 11.6 Å². The van der Waals surface area contributed by atoms with Gasteiger partial charge in [-0.1, -0.05) is 65.7 Å². The summed E-state index contributed by atoms with van der Waals surface area (Å²) in [5.74, 6) is 0.105. The molecule has 1 atom stereocenters. The van der Waals surface area contributed by atoms with Gasteiger partial charge in [-0.25, -0.2) is 0 Å². The van der Waals surface area contributed by atoms with Crippen LogP contribution in [0.1, 0.15) is 28.3 Å². The van der Waals surface area contributed by atoms with Gasteiger partial charge in [-0.15, -0.1) is 0 Å². The molecule has 1 N–H and O–H groups in total. The fourth-order valence-electron chi connectivity index (χ4n) is 3.80. The van der Waals surface area contributed by atoms with Gasteiger partial charge >= 0.3 is 0 Å². The highest BCUT2D eigenvalue weighted by atomic mass is 35.5. The SMILES string of the molecule is COc1cccc(CN2C(=O)C(O)=C(c3ccc(C)cc3)[C@H]2c2ccc(Cl)cc2)c1. The predicted molar refractivity (Wildman–Crippen MR) is 118 cm³/mol. The van der Waals surface area contributed by atoms with Crippen LogP contribution < -0.4 is 4.74 Å². The summed E-state index contributed by atoms with van der Waals surface area (Å²) in [4.78, 5) is 14.8. The van der Waals surface area contributed by atoms with Crippen molar-refractivity contribution >= 4 is 23.1 Å². The van der Waals surface area contributed by atoms with E-state index in [-0.39, 0.29) is 5.76 Å². The van der Waals surface area contributed by atoms with Gasteiger partial charge in [0.1, 0.15) is 5.75 Å². The standard InChI is InChI=1S/C25H22ClNO3/c1-16-6-8-18(9-7-16)22-23(19-10-12-20(26)13-11-19)27(25(29)24(22)28)15-17-4-3-5-21(14-17)30-2/h3-14,23,28H,15H2,1-2H3/t23-/m1/s1. The average molecular weight is 420 g/mol. The van der Waals surface area contributed by atoms with Crippen molar-refractivity contribution in [3.63, 3.8) is 0 Å². The molecule has 1 aliphatic rings. The first-order valence-corrected chi connectivity index (χ1v) is 10.1. The van der Waals surface area contributed by atoms with Crippen molar-refractivity contribution in [3.8, 4) is 5.75 Å². The highest BCUT2D eigenvalue weighted by Gasteiger charge is 2.41. The minimum Gasteiger partial charge on any atom is -0.503 e. The summed E-state index contributed by atoms with van der Waals surface area (Å²) in [6.07, 6.45) is 0. The Hall–Kier alpha value is -3.24. The minimum atomic E-state index is -0.427. The lowest BCUT2D eigenvalue weighted by Gasteiger charge is -2.27. The van der Waals surface area contributed by atoms with Gasteiger partial charge in [-0.2, -0.15) is 0 Å². The molecular weight excluding hydrogens is 398 g/mol. The third kappa shape index (κ3) is 3.79. The van der Waals surface area contributed by atoms with Crippen molar-refractivity contribution in [2.24, 2.45) is 0 Å². The van der Waals surface area contributed by atoms with E-state index in [2.05, 4.69) is 0 Å². The van der Waals surface area contributed by atoms with Gasteiger partial charge in [0, 0.05) is 17.1 Å². The van der Waals surface area contributed by atoms with Crippen LogP contribution in [0.3, 0.4) is 0 Å².